The van der Waals surface area contributed by atoms with Crippen LogP contribution in [0.25, 0.3) is 16.7 Å². The van der Waals surface area contributed by atoms with Gasteiger partial charge < -0.3 is 14.8 Å². The summed E-state index contributed by atoms with van der Waals surface area (Å²) in [4.78, 5) is 30.1. The molecule has 0 unspecified atom stereocenters. The molecule has 8 heteroatoms. The Kier molecular flexibility index (Phi) is 6.87. The van der Waals surface area contributed by atoms with E-state index in [1.807, 2.05) is 68.4 Å². The zero-order chi connectivity index (χ0) is 24.1. The minimum absolute atomic E-state index is 0.0889. The van der Waals surface area contributed by atoms with Gasteiger partial charge in [-0.25, -0.2) is 9.78 Å². The van der Waals surface area contributed by atoms with Crippen LogP contribution in [-0.2, 0) is 9.53 Å². The van der Waals surface area contributed by atoms with E-state index in [9.17, 15) is 9.59 Å². The summed E-state index contributed by atoms with van der Waals surface area (Å²) in [5.41, 5.74) is 3.01. The lowest BCUT2D eigenvalue weighted by atomic mass is 10.1. The molecule has 8 nitrogen and oxygen atoms in total. The molecule has 34 heavy (non-hydrogen) atoms. The largest absolute Gasteiger partial charge is 0.493 e. The van der Waals surface area contributed by atoms with E-state index in [-0.39, 0.29) is 36.9 Å². The Morgan fingerprint density at radius 3 is 2.59 bits per heavy atom. The molecule has 0 atom stereocenters. The minimum atomic E-state index is -0.571. The highest BCUT2D eigenvalue weighted by molar-refractivity contribution is 6.00. The number of carbonyl (C=O) groups is 2. The third kappa shape index (κ3) is 4.91. The van der Waals surface area contributed by atoms with Gasteiger partial charge in [-0.05, 0) is 50.1 Å². The molecular weight excluding hydrogens is 432 g/mol. The van der Waals surface area contributed by atoms with Gasteiger partial charge in [0.15, 0.2) is 11.6 Å². The summed E-state index contributed by atoms with van der Waals surface area (Å²) in [5.74, 6) is 0.489. The molecule has 0 spiro atoms. The Hall–Kier alpha value is -4.20. The molecule has 0 fully saturated rings. The molecule has 0 radical (unpaired) electrons. The van der Waals surface area contributed by atoms with Gasteiger partial charge in [0.1, 0.15) is 11.3 Å². The van der Waals surface area contributed by atoms with E-state index < -0.39 is 5.97 Å². The lowest BCUT2D eigenvalue weighted by Gasteiger charge is -2.13. The van der Waals surface area contributed by atoms with Crippen molar-refractivity contribution in [3.8, 4) is 11.6 Å². The first-order valence-corrected chi connectivity index (χ1v) is 11.1. The maximum atomic E-state index is 12.7. The number of carbonyl (C=O) groups excluding carboxylic acids is 2. The Bertz CT molecular complexity index is 1330. The molecule has 0 aliphatic rings. The Morgan fingerprint density at radius 1 is 1.03 bits per heavy atom. The molecule has 0 aliphatic heterocycles. The Labute approximate surface area is 197 Å². The number of nitrogens with zero attached hydrogens (tertiary/aromatic N) is 3. The van der Waals surface area contributed by atoms with E-state index in [4.69, 9.17) is 14.5 Å². The number of anilines is 1. The smallest absolute Gasteiger partial charge is 0.343 e. The predicted octanol–water partition coefficient (Wildman–Crippen LogP) is 4.62. The van der Waals surface area contributed by atoms with Crippen molar-refractivity contribution in [1.29, 1.82) is 0 Å². The molecule has 0 saturated heterocycles. The second-order valence-corrected chi connectivity index (χ2v) is 7.77. The zero-order valence-corrected chi connectivity index (χ0v) is 19.4. The van der Waals surface area contributed by atoms with Crippen molar-refractivity contribution in [2.24, 2.45) is 0 Å². The van der Waals surface area contributed by atoms with E-state index in [1.54, 1.807) is 6.92 Å². The van der Waals surface area contributed by atoms with Crippen LogP contribution in [0.2, 0.25) is 0 Å². The summed E-state index contributed by atoms with van der Waals surface area (Å²) in [6.07, 6.45) is 1.47. The van der Waals surface area contributed by atoms with Crippen LogP contribution in [0.3, 0.4) is 0 Å². The predicted molar refractivity (Wildman–Crippen MR) is 129 cm³/mol. The number of hydrogen-bond acceptors (Lipinski definition) is 6. The van der Waals surface area contributed by atoms with Crippen molar-refractivity contribution in [3.05, 3.63) is 77.5 Å². The van der Waals surface area contributed by atoms with Crippen molar-refractivity contribution >= 4 is 28.6 Å². The first-order valence-electron chi connectivity index (χ1n) is 11.1. The number of aromatic nitrogens is 3. The van der Waals surface area contributed by atoms with E-state index in [0.29, 0.717) is 11.6 Å². The molecule has 174 valence electrons. The van der Waals surface area contributed by atoms with Gasteiger partial charge in [-0.1, -0.05) is 36.4 Å². The average Bonchev–Trinajstić information content (AvgIpc) is 3.24. The average molecular weight is 459 g/mol. The summed E-state index contributed by atoms with van der Waals surface area (Å²) >= 11 is 0. The number of nitrogens with one attached hydrogen (secondary N) is 1. The molecule has 4 aromatic rings. The number of rotatable bonds is 8. The number of ether oxygens (including phenoxy) is 2. The van der Waals surface area contributed by atoms with E-state index in [0.717, 1.165) is 22.0 Å². The van der Waals surface area contributed by atoms with Gasteiger partial charge in [-0.2, -0.15) is 9.78 Å². The molecule has 4 rings (SSSR count). The highest BCUT2D eigenvalue weighted by Gasteiger charge is 2.22. The number of benzene rings is 2. The first kappa shape index (κ1) is 23.0. The quantitative estimate of drug-likeness (QED) is 0.387. The minimum Gasteiger partial charge on any atom is -0.493 e. The van der Waals surface area contributed by atoms with Gasteiger partial charge in [0.2, 0.25) is 5.91 Å². The van der Waals surface area contributed by atoms with Crippen LogP contribution < -0.4 is 10.1 Å². The molecule has 1 N–H and O–H groups in total. The third-order valence-corrected chi connectivity index (χ3v) is 5.32. The second kappa shape index (κ2) is 10.2. The highest BCUT2D eigenvalue weighted by Crippen LogP contribution is 2.26. The summed E-state index contributed by atoms with van der Waals surface area (Å²) in [7, 11) is 0. The van der Waals surface area contributed by atoms with E-state index in [2.05, 4.69) is 10.4 Å². The van der Waals surface area contributed by atoms with Gasteiger partial charge in [0.05, 0.1) is 31.3 Å². The van der Waals surface area contributed by atoms with Crippen molar-refractivity contribution < 1.29 is 19.1 Å². The van der Waals surface area contributed by atoms with Crippen LogP contribution in [-0.4, -0.2) is 39.9 Å². The molecule has 2 heterocycles. The van der Waals surface area contributed by atoms with Gasteiger partial charge in [-0.15, -0.1) is 0 Å². The number of pyridine rings is 1. The normalized spacial score (nSPS) is 10.8. The lowest BCUT2D eigenvalue weighted by molar-refractivity contribution is -0.116. The van der Waals surface area contributed by atoms with Crippen LogP contribution in [0.1, 0.15) is 34.8 Å². The standard InChI is InChI=1S/C26H26N4O4/c1-4-33-26(32)21-16-27-30(22-15-18(3)20-12-8-9-17(2)24(20)28-22)25(21)29-23(31)13-14-34-19-10-6-5-7-11-19/h5-12,15-16H,4,13-14H2,1-3H3,(H,29,31). The fourth-order valence-corrected chi connectivity index (χ4v) is 3.63. The second-order valence-electron chi connectivity index (χ2n) is 7.77. The van der Waals surface area contributed by atoms with Crippen molar-refractivity contribution in [3.63, 3.8) is 0 Å². The molecule has 1 amide bonds. The van der Waals surface area contributed by atoms with Crippen LogP contribution >= 0.6 is 0 Å². The van der Waals surface area contributed by atoms with Crippen molar-refractivity contribution in [2.45, 2.75) is 27.2 Å². The Balaban J connectivity index is 1.64. The zero-order valence-electron chi connectivity index (χ0n) is 19.4. The van der Waals surface area contributed by atoms with E-state index in [1.165, 1.54) is 10.9 Å². The summed E-state index contributed by atoms with van der Waals surface area (Å²) in [5, 5.41) is 8.19. The number of esters is 1. The maximum absolute atomic E-state index is 12.7. The SMILES string of the molecule is CCOC(=O)c1cnn(-c2cc(C)c3cccc(C)c3n2)c1NC(=O)CCOc1ccccc1. The Morgan fingerprint density at radius 2 is 1.82 bits per heavy atom. The van der Waals surface area contributed by atoms with Crippen molar-refractivity contribution in [2.75, 3.05) is 18.5 Å². The van der Waals surface area contributed by atoms with Crippen LogP contribution in [0, 0.1) is 13.8 Å². The first-order chi connectivity index (χ1) is 16.5. The summed E-state index contributed by atoms with van der Waals surface area (Å²) in [6, 6.07) is 17.1. The lowest BCUT2D eigenvalue weighted by Crippen LogP contribution is -2.20. The number of hydrogen-bond donors (Lipinski definition) is 1. The number of aryl methyl sites for hydroxylation is 2. The van der Waals surface area contributed by atoms with Gasteiger partial charge in [0.25, 0.3) is 0 Å². The molecule has 2 aromatic carbocycles. The number of fused-ring (bicyclic) bond motifs is 1. The van der Waals surface area contributed by atoms with Gasteiger partial charge in [-0.3, -0.25) is 4.79 Å². The van der Waals surface area contributed by atoms with E-state index >= 15 is 0 Å². The highest BCUT2D eigenvalue weighted by atomic mass is 16.5. The molecule has 0 saturated carbocycles. The molecule has 2 aromatic heterocycles. The monoisotopic (exact) mass is 458 g/mol. The summed E-state index contributed by atoms with van der Waals surface area (Å²) < 4.78 is 12.2. The number of para-hydroxylation sites is 2. The third-order valence-electron chi connectivity index (χ3n) is 5.32. The van der Waals surface area contributed by atoms with Crippen LogP contribution in [0.4, 0.5) is 5.82 Å². The van der Waals surface area contributed by atoms with Gasteiger partial charge in [0, 0.05) is 5.39 Å². The molecule has 0 bridgehead atoms. The number of amides is 1. The summed E-state index contributed by atoms with van der Waals surface area (Å²) in [6.45, 7) is 6.08. The van der Waals surface area contributed by atoms with Crippen LogP contribution in [0.15, 0.2) is 60.8 Å². The van der Waals surface area contributed by atoms with Crippen molar-refractivity contribution in [1.82, 2.24) is 14.8 Å². The van der Waals surface area contributed by atoms with Gasteiger partial charge >= 0.3 is 5.97 Å². The fourth-order valence-electron chi connectivity index (χ4n) is 3.63. The topological polar surface area (TPSA) is 95.3 Å². The maximum Gasteiger partial charge on any atom is 0.343 e. The fraction of sp³-hybridized carbons (Fsp3) is 0.231. The molecular formula is C26H26N4O4. The molecule has 0 aliphatic carbocycles. The van der Waals surface area contributed by atoms with Crippen LogP contribution in [0.5, 0.6) is 5.75 Å².